The lowest BCUT2D eigenvalue weighted by Crippen LogP contribution is -2.56. The summed E-state index contributed by atoms with van der Waals surface area (Å²) >= 11 is 0. The van der Waals surface area contributed by atoms with Crippen molar-refractivity contribution in [3.05, 3.63) is 170 Å². The number of hydrogen-bond acceptors (Lipinski definition) is 8. The Morgan fingerprint density at radius 1 is 0.615 bits per heavy atom. The number of benzene rings is 6. The van der Waals surface area contributed by atoms with Gasteiger partial charge >= 0.3 is 5.97 Å². The molecule has 7 N–H and O–H groups in total. The molecule has 0 fully saturated rings. The Bertz CT molecular complexity index is 2630. The van der Waals surface area contributed by atoms with Gasteiger partial charge < -0.3 is 41.6 Å². The molecule has 3 atom stereocenters. The predicted molar refractivity (Wildman–Crippen MR) is 255 cm³/mol. The average Bonchev–Trinajstić information content (AvgIpc) is 3.32. The lowest BCUT2D eigenvalue weighted by atomic mass is 9.92. The normalized spacial score (nSPS) is 12.2. The molecular formula is C52H54N6O7. The maximum absolute atomic E-state index is 14.3. The number of rotatable bonds is 23. The molecule has 0 unspecified atom stereocenters. The number of aliphatic imine (C=N–C) groups is 1. The van der Waals surface area contributed by atoms with Crippen molar-refractivity contribution in [2.75, 3.05) is 19.8 Å². The van der Waals surface area contributed by atoms with Crippen LogP contribution in [0.4, 0.5) is 0 Å². The number of nitrogens with two attached hydrogens (primary N) is 2. The molecule has 0 bridgehead atoms. The van der Waals surface area contributed by atoms with Gasteiger partial charge in [-0.05, 0) is 64.1 Å². The van der Waals surface area contributed by atoms with E-state index in [0.29, 0.717) is 17.9 Å². The van der Waals surface area contributed by atoms with Crippen molar-refractivity contribution < 1.29 is 33.4 Å². The summed E-state index contributed by atoms with van der Waals surface area (Å²) in [5, 5.41) is 12.2. The fourth-order valence-electron chi connectivity index (χ4n) is 7.37. The molecule has 13 heteroatoms. The van der Waals surface area contributed by atoms with Crippen LogP contribution in [0.25, 0.3) is 32.7 Å². The average molecular weight is 875 g/mol. The topological polar surface area (TPSA) is 196 Å². The van der Waals surface area contributed by atoms with Crippen molar-refractivity contribution in [2.45, 2.75) is 50.4 Å². The maximum atomic E-state index is 14.3. The molecule has 0 saturated carbocycles. The molecule has 13 nitrogen and oxygen atoms in total. The summed E-state index contributed by atoms with van der Waals surface area (Å²) in [5.41, 5.74) is 14.1. The monoisotopic (exact) mass is 874 g/mol. The van der Waals surface area contributed by atoms with E-state index in [1.165, 1.54) is 6.08 Å². The molecule has 0 aliphatic rings. The summed E-state index contributed by atoms with van der Waals surface area (Å²) in [6, 6.07) is 38.4. The maximum Gasteiger partial charge on any atom is 0.329 e. The van der Waals surface area contributed by atoms with Crippen molar-refractivity contribution in [1.82, 2.24) is 16.0 Å². The zero-order valence-corrected chi connectivity index (χ0v) is 36.1. The zero-order chi connectivity index (χ0) is 46.0. The smallest absolute Gasteiger partial charge is 0.329 e. The predicted octanol–water partition coefficient (Wildman–Crippen LogP) is 6.67. The highest BCUT2D eigenvalue weighted by Gasteiger charge is 2.30. The van der Waals surface area contributed by atoms with Gasteiger partial charge in [-0.1, -0.05) is 140 Å². The van der Waals surface area contributed by atoms with E-state index in [1.54, 1.807) is 6.08 Å². The lowest BCUT2D eigenvalue weighted by Gasteiger charge is -2.25. The van der Waals surface area contributed by atoms with Gasteiger partial charge in [-0.15, -0.1) is 6.58 Å². The zero-order valence-electron chi connectivity index (χ0n) is 36.1. The van der Waals surface area contributed by atoms with Crippen LogP contribution in [0, 0.1) is 0 Å². The molecule has 6 aromatic carbocycles. The van der Waals surface area contributed by atoms with Crippen molar-refractivity contribution in [3.63, 3.8) is 0 Å². The first-order chi connectivity index (χ1) is 31.6. The summed E-state index contributed by atoms with van der Waals surface area (Å²) in [7, 11) is 0. The Morgan fingerprint density at radius 2 is 1.17 bits per heavy atom. The third-order valence-electron chi connectivity index (χ3n) is 10.5. The number of esters is 1. The second-order valence-electron chi connectivity index (χ2n) is 15.2. The number of amides is 3. The summed E-state index contributed by atoms with van der Waals surface area (Å²) in [5.74, 6) is -1.61. The number of carbonyl (C=O) groups excluding carboxylic acids is 4. The molecular weight excluding hydrogens is 821 g/mol. The van der Waals surface area contributed by atoms with Crippen molar-refractivity contribution >= 4 is 51.2 Å². The minimum Gasteiger partial charge on any atom is -0.489 e. The van der Waals surface area contributed by atoms with Gasteiger partial charge in [0.25, 0.3) is 5.91 Å². The van der Waals surface area contributed by atoms with Crippen LogP contribution in [0.3, 0.4) is 0 Å². The van der Waals surface area contributed by atoms with Crippen molar-refractivity contribution in [1.29, 1.82) is 0 Å². The quantitative estimate of drug-likeness (QED) is 0.0154. The third kappa shape index (κ3) is 13.1. The second kappa shape index (κ2) is 23.5. The Morgan fingerprint density at radius 3 is 1.77 bits per heavy atom. The van der Waals surface area contributed by atoms with E-state index in [1.807, 2.05) is 133 Å². The standard InChI is InChI=1S/C52H54N6O7/c1-3-16-42(51(62)65-33-36-19-9-6-10-20-36)58-49(60)41(25-15-30-55-52(53)54)57-50(61)43(32-35-17-7-5-8-18-35)56-46(59)34-64-45-29-27-38-22-12-14-24-40(38)48(45)47-39-23-13-11-21-37(39)26-28-44(47)63-31-4-2/h3-14,17-24,26-29,41-43H,1-2,15-16,25,30-34H2,(H,56,59)(H,57,61)(H,58,60)(H4,53,54,55)/t41-,42+,43-/m1/s1. The third-order valence-corrected chi connectivity index (χ3v) is 10.5. The highest BCUT2D eigenvalue weighted by molar-refractivity contribution is 6.10. The number of carbonyl (C=O) groups is 4. The van der Waals surface area contributed by atoms with Crippen LogP contribution in [0.2, 0.25) is 0 Å². The summed E-state index contributed by atoms with van der Waals surface area (Å²) in [6.07, 6.45) is 3.73. The van der Waals surface area contributed by atoms with E-state index in [-0.39, 0.29) is 45.0 Å². The molecule has 0 aliphatic heterocycles. The number of ether oxygens (including phenoxy) is 3. The molecule has 0 aliphatic carbocycles. The molecule has 0 aromatic heterocycles. The van der Waals surface area contributed by atoms with Crippen molar-refractivity contribution in [2.24, 2.45) is 16.5 Å². The highest BCUT2D eigenvalue weighted by atomic mass is 16.5. The Balaban J connectivity index is 1.24. The van der Waals surface area contributed by atoms with E-state index in [2.05, 4.69) is 34.1 Å². The molecule has 334 valence electrons. The van der Waals surface area contributed by atoms with Gasteiger partial charge in [0.1, 0.15) is 42.8 Å². The van der Waals surface area contributed by atoms with Gasteiger partial charge in [0.05, 0.1) is 0 Å². The number of nitrogens with one attached hydrogen (secondary N) is 3. The van der Waals surface area contributed by atoms with Crippen LogP contribution in [0.1, 0.15) is 30.4 Å². The van der Waals surface area contributed by atoms with Crippen LogP contribution in [-0.2, 0) is 36.9 Å². The van der Waals surface area contributed by atoms with E-state index in [4.69, 9.17) is 25.7 Å². The van der Waals surface area contributed by atoms with Gasteiger partial charge in [-0.3, -0.25) is 19.4 Å². The van der Waals surface area contributed by atoms with E-state index in [9.17, 15) is 19.2 Å². The second-order valence-corrected chi connectivity index (χ2v) is 15.2. The van der Waals surface area contributed by atoms with Gasteiger partial charge in [0.15, 0.2) is 12.6 Å². The van der Waals surface area contributed by atoms with E-state index >= 15 is 0 Å². The summed E-state index contributed by atoms with van der Waals surface area (Å²) < 4.78 is 18.1. The Kier molecular flexibility index (Phi) is 16.8. The van der Waals surface area contributed by atoms with Gasteiger partial charge in [0, 0.05) is 24.1 Å². The Labute approximate surface area is 378 Å². The number of guanidine groups is 1. The van der Waals surface area contributed by atoms with Crippen molar-refractivity contribution in [3.8, 4) is 22.6 Å². The molecule has 6 rings (SSSR count). The number of nitrogens with zero attached hydrogens (tertiary/aromatic N) is 1. The first-order valence-corrected chi connectivity index (χ1v) is 21.4. The highest BCUT2D eigenvalue weighted by Crippen LogP contribution is 2.45. The first kappa shape index (κ1) is 46.6. The van der Waals surface area contributed by atoms with Gasteiger partial charge in [0.2, 0.25) is 11.8 Å². The minimum absolute atomic E-state index is 0.00295. The van der Waals surface area contributed by atoms with Crippen LogP contribution < -0.4 is 36.9 Å². The fourth-order valence-corrected chi connectivity index (χ4v) is 7.37. The molecule has 0 spiro atoms. The SMILES string of the molecule is C=CCOc1ccc2ccccc2c1-c1c(OCC(=O)N[C@H](Cc2ccccc2)C(=O)N[C@H](CCCN=C(N)N)C(=O)N[C@@H](CC=C)C(=O)OCc2ccccc2)ccc2ccccc12. The Hall–Kier alpha value is -7.93. The molecule has 0 radical (unpaired) electrons. The molecule has 0 saturated heterocycles. The number of hydrogen-bond donors (Lipinski definition) is 5. The van der Waals surface area contributed by atoms with Crippen LogP contribution in [0.15, 0.2) is 164 Å². The minimum atomic E-state index is -1.16. The summed E-state index contributed by atoms with van der Waals surface area (Å²) in [6.45, 7) is 7.57. The lowest BCUT2D eigenvalue weighted by molar-refractivity contribution is -0.149. The van der Waals surface area contributed by atoms with Crippen LogP contribution in [-0.4, -0.2) is 67.5 Å². The van der Waals surface area contributed by atoms with E-state index in [0.717, 1.165) is 43.8 Å². The van der Waals surface area contributed by atoms with Crippen LogP contribution >= 0.6 is 0 Å². The van der Waals surface area contributed by atoms with Crippen LogP contribution in [0.5, 0.6) is 11.5 Å². The molecule has 6 aromatic rings. The van der Waals surface area contributed by atoms with Gasteiger partial charge in [-0.2, -0.15) is 0 Å². The number of fused-ring (bicyclic) bond motifs is 2. The molecule has 65 heavy (non-hydrogen) atoms. The largest absolute Gasteiger partial charge is 0.489 e. The van der Waals surface area contributed by atoms with Gasteiger partial charge in [-0.25, -0.2) is 4.79 Å². The molecule has 0 heterocycles. The first-order valence-electron chi connectivity index (χ1n) is 21.4. The van der Waals surface area contributed by atoms with E-state index < -0.39 is 48.4 Å². The fraction of sp³-hybridized carbons (Fsp3) is 0.212. The molecule has 3 amide bonds. The summed E-state index contributed by atoms with van der Waals surface area (Å²) in [4.78, 5) is 59.5.